The van der Waals surface area contributed by atoms with Crippen molar-refractivity contribution < 1.29 is 4.74 Å². The Morgan fingerprint density at radius 2 is 2.22 bits per heavy atom. The molecule has 4 heteroatoms. The summed E-state index contributed by atoms with van der Waals surface area (Å²) >= 11 is 8.57. The normalized spacial score (nSPS) is 32.8. The lowest BCUT2D eigenvalue weighted by atomic mass is 9.57. The number of halogens is 2. The van der Waals surface area contributed by atoms with E-state index in [0.29, 0.717) is 18.1 Å². The number of hydrogen-bond acceptors (Lipinski definition) is 2. The highest BCUT2D eigenvalue weighted by atomic mass is 127. The van der Waals surface area contributed by atoms with Crippen molar-refractivity contribution in [2.24, 2.45) is 11.3 Å². The van der Waals surface area contributed by atoms with Crippen LogP contribution in [0.15, 0.2) is 18.2 Å². The summed E-state index contributed by atoms with van der Waals surface area (Å²) in [4.78, 5) is 0. The first-order valence-corrected chi connectivity index (χ1v) is 7.79. The van der Waals surface area contributed by atoms with Crippen LogP contribution in [0.25, 0.3) is 0 Å². The Bertz CT molecular complexity index is 477. The van der Waals surface area contributed by atoms with Crippen molar-refractivity contribution in [2.45, 2.75) is 32.4 Å². The van der Waals surface area contributed by atoms with Gasteiger partial charge in [0.2, 0.25) is 0 Å². The quantitative estimate of drug-likeness (QED) is 0.781. The lowest BCUT2D eigenvalue weighted by molar-refractivity contribution is -0.0923. The fourth-order valence-electron chi connectivity index (χ4n) is 3.39. The van der Waals surface area contributed by atoms with Gasteiger partial charge in [0.15, 0.2) is 0 Å². The van der Waals surface area contributed by atoms with E-state index in [9.17, 15) is 0 Å². The molecule has 1 heterocycles. The Morgan fingerprint density at radius 1 is 1.44 bits per heavy atom. The second kappa shape index (κ2) is 4.53. The van der Waals surface area contributed by atoms with Crippen molar-refractivity contribution in [2.75, 3.05) is 11.9 Å². The molecule has 2 fully saturated rings. The maximum Gasteiger partial charge on any atom is 0.0694 e. The zero-order valence-corrected chi connectivity index (χ0v) is 13.5. The Kier molecular flexibility index (Phi) is 3.27. The van der Waals surface area contributed by atoms with Gasteiger partial charge >= 0.3 is 0 Å². The van der Waals surface area contributed by atoms with E-state index in [0.717, 1.165) is 27.3 Å². The molecule has 0 bridgehead atoms. The predicted molar refractivity (Wildman–Crippen MR) is 83.2 cm³/mol. The second-order valence-electron chi connectivity index (χ2n) is 5.81. The van der Waals surface area contributed by atoms with Gasteiger partial charge in [0.25, 0.3) is 0 Å². The van der Waals surface area contributed by atoms with E-state index in [-0.39, 0.29) is 5.41 Å². The lowest BCUT2D eigenvalue weighted by Gasteiger charge is -2.55. The molecule has 1 aromatic rings. The molecule has 18 heavy (non-hydrogen) atoms. The van der Waals surface area contributed by atoms with Gasteiger partial charge < -0.3 is 10.1 Å². The zero-order valence-electron chi connectivity index (χ0n) is 10.5. The topological polar surface area (TPSA) is 21.3 Å². The number of rotatable bonds is 2. The number of nitrogens with one attached hydrogen (secondary N) is 1. The van der Waals surface area contributed by atoms with Gasteiger partial charge in [-0.05, 0) is 47.2 Å². The van der Waals surface area contributed by atoms with Gasteiger partial charge in [0.05, 0.1) is 16.8 Å². The molecule has 98 valence electrons. The highest BCUT2D eigenvalue weighted by Gasteiger charge is 2.59. The van der Waals surface area contributed by atoms with Crippen molar-refractivity contribution >= 4 is 39.9 Å². The molecule has 1 N–H and O–H groups in total. The average molecular weight is 378 g/mol. The van der Waals surface area contributed by atoms with E-state index >= 15 is 0 Å². The summed E-state index contributed by atoms with van der Waals surface area (Å²) in [5, 5.41) is 4.43. The third-order valence-electron chi connectivity index (χ3n) is 4.34. The highest BCUT2D eigenvalue weighted by molar-refractivity contribution is 14.1. The fourth-order valence-corrected chi connectivity index (χ4v) is 4.30. The van der Waals surface area contributed by atoms with Gasteiger partial charge in [-0.3, -0.25) is 0 Å². The smallest absolute Gasteiger partial charge is 0.0694 e. The molecular weight excluding hydrogens is 361 g/mol. The van der Waals surface area contributed by atoms with Gasteiger partial charge in [0.1, 0.15) is 0 Å². The van der Waals surface area contributed by atoms with Crippen LogP contribution < -0.4 is 5.32 Å². The zero-order chi connectivity index (χ0) is 12.9. The second-order valence-corrected chi connectivity index (χ2v) is 7.46. The molecule has 0 spiro atoms. The molecule has 0 radical (unpaired) electrons. The molecular formula is C14H17ClINO. The van der Waals surface area contributed by atoms with Crippen molar-refractivity contribution in [1.29, 1.82) is 0 Å². The van der Waals surface area contributed by atoms with Gasteiger partial charge in [0, 0.05) is 27.6 Å². The Hall–Kier alpha value is -0.000000000000000132. The maximum absolute atomic E-state index is 6.29. The van der Waals surface area contributed by atoms with Gasteiger partial charge in [-0.2, -0.15) is 0 Å². The number of ether oxygens (including phenoxy) is 1. The first kappa shape index (κ1) is 13.0. The number of fused-ring (bicyclic) bond motifs is 1. The van der Waals surface area contributed by atoms with Crippen LogP contribution >= 0.6 is 34.2 Å². The average Bonchev–Trinajstić information content (AvgIpc) is 2.74. The van der Waals surface area contributed by atoms with E-state index in [2.05, 4.69) is 53.9 Å². The van der Waals surface area contributed by atoms with E-state index in [4.69, 9.17) is 16.3 Å². The van der Waals surface area contributed by atoms with Gasteiger partial charge in [-0.15, -0.1) is 0 Å². The molecule has 0 amide bonds. The third-order valence-corrected chi connectivity index (χ3v) is 5.33. The molecule has 0 aromatic heterocycles. The van der Waals surface area contributed by atoms with Crippen LogP contribution in [0, 0.1) is 14.9 Å². The third kappa shape index (κ3) is 1.95. The van der Waals surface area contributed by atoms with E-state index in [1.165, 1.54) is 0 Å². The first-order valence-electron chi connectivity index (χ1n) is 6.33. The molecule has 1 saturated carbocycles. The molecule has 2 aliphatic rings. The lowest BCUT2D eigenvalue weighted by Crippen LogP contribution is -2.63. The molecule has 3 unspecified atom stereocenters. The van der Waals surface area contributed by atoms with Crippen LogP contribution in [0.1, 0.15) is 20.3 Å². The molecule has 1 aromatic carbocycles. The molecule has 1 aliphatic carbocycles. The summed E-state index contributed by atoms with van der Waals surface area (Å²) in [5.41, 5.74) is 1.23. The van der Waals surface area contributed by atoms with Crippen LogP contribution in [0.2, 0.25) is 5.02 Å². The largest absolute Gasteiger partial charge is 0.380 e. The summed E-state index contributed by atoms with van der Waals surface area (Å²) < 4.78 is 6.98. The van der Waals surface area contributed by atoms with Gasteiger partial charge in [-0.25, -0.2) is 0 Å². The van der Waals surface area contributed by atoms with Gasteiger partial charge in [-0.1, -0.05) is 25.4 Å². The van der Waals surface area contributed by atoms with E-state index in [1.54, 1.807) is 0 Å². The maximum atomic E-state index is 6.29. The standard InChI is InChI=1S/C14H17ClINO/c1-14(2)12(9-5-6-18-13(9)14)17-11-4-3-8(16)7-10(11)15/h3-4,7,9,12-13,17H,5-6H2,1-2H3. The monoisotopic (exact) mass is 377 g/mol. The number of benzene rings is 1. The molecule has 2 nitrogen and oxygen atoms in total. The van der Waals surface area contributed by atoms with Crippen molar-refractivity contribution in [3.05, 3.63) is 26.8 Å². The first-order chi connectivity index (χ1) is 8.50. The fraction of sp³-hybridized carbons (Fsp3) is 0.571. The predicted octanol–water partition coefficient (Wildman–Crippen LogP) is 4.17. The minimum Gasteiger partial charge on any atom is -0.380 e. The number of hydrogen-bond donors (Lipinski definition) is 1. The molecule has 1 aliphatic heterocycles. The van der Waals surface area contributed by atoms with Crippen LogP contribution in [-0.4, -0.2) is 18.8 Å². The van der Waals surface area contributed by atoms with Crippen LogP contribution in [0.5, 0.6) is 0 Å². The summed E-state index contributed by atoms with van der Waals surface area (Å²) in [6.45, 7) is 5.45. The summed E-state index contributed by atoms with van der Waals surface area (Å²) in [5.74, 6) is 0.635. The highest BCUT2D eigenvalue weighted by Crippen LogP contribution is 2.53. The van der Waals surface area contributed by atoms with E-state index < -0.39 is 0 Å². The minimum atomic E-state index is 0.188. The Balaban J connectivity index is 1.80. The van der Waals surface area contributed by atoms with E-state index in [1.807, 2.05) is 6.07 Å². The Labute approximate surface area is 127 Å². The molecule has 1 saturated heterocycles. The number of anilines is 1. The van der Waals surface area contributed by atoms with Crippen molar-refractivity contribution in [3.63, 3.8) is 0 Å². The van der Waals surface area contributed by atoms with Crippen LogP contribution in [0.4, 0.5) is 5.69 Å². The summed E-state index contributed by atoms with van der Waals surface area (Å²) in [7, 11) is 0. The summed E-state index contributed by atoms with van der Waals surface area (Å²) in [6.07, 6.45) is 1.57. The van der Waals surface area contributed by atoms with Crippen molar-refractivity contribution in [1.82, 2.24) is 0 Å². The molecule has 3 atom stereocenters. The van der Waals surface area contributed by atoms with Crippen molar-refractivity contribution in [3.8, 4) is 0 Å². The van der Waals surface area contributed by atoms with Crippen LogP contribution in [0.3, 0.4) is 0 Å². The summed E-state index contributed by atoms with van der Waals surface area (Å²) in [6, 6.07) is 6.62. The van der Waals surface area contributed by atoms with Crippen LogP contribution in [-0.2, 0) is 4.74 Å². The Morgan fingerprint density at radius 3 is 2.94 bits per heavy atom. The SMILES string of the molecule is CC1(C)C(Nc2ccc(I)cc2Cl)C2CCOC21. The minimum absolute atomic E-state index is 0.188. The molecule has 3 rings (SSSR count).